The maximum absolute atomic E-state index is 12.0. The fraction of sp³-hybridized carbons (Fsp3) is 0.400. The molecule has 1 atom stereocenters. The van der Waals surface area contributed by atoms with Crippen molar-refractivity contribution in [1.82, 2.24) is 0 Å². The minimum atomic E-state index is -3.23. The van der Waals surface area contributed by atoms with Gasteiger partial charge in [-0.05, 0) is 13.0 Å². The van der Waals surface area contributed by atoms with Gasteiger partial charge in [0, 0.05) is 12.1 Å². The number of nitrogens with one attached hydrogen (secondary N) is 1. The molecule has 1 aromatic rings. The van der Waals surface area contributed by atoms with E-state index >= 15 is 0 Å². The van der Waals surface area contributed by atoms with Crippen molar-refractivity contribution in [2.45, 2.75) is 23.7 Å². The minimum absolute atomic E-state index is 0.153. The topological polar surface area (TPSA) is 66.4 Å². The van der Waals surface area contributed by atoms with Crippen molar-refractivity contribution in [3.63, 3.8) is 0 Å². The van der Waals surface area contributed by atoms with E-state index in [2.05, 4.69) is 5.32 Å². The number of aliphatic hydroxyl groups excluding tert-OH is 1. The molecule has 0 aromatic heterocycles. The first-order valence-electron chi connectivity index (χ1n) is 4.78. The Morgan fingerprint density at radius 2 is 2.27 bits per heavy atom. The molecule has 0 aliphatic carbocycles. The standard InChI is InChI=1S/C10H13NO3S/c1-7-5-11-10-8(6-12)3-2-4-9(10)15(7,13)14/h2-4,7,11-12H,5-6H2,1H3. The van der Waals surface area contributed by atoms with E-state index in [1.54, 1.807) is 25.1 Å². The average molecular weight is 227 g/mol. The van der Waals surface area contributed by atoms with Crippen molar-refractivity contribution in [1.29, 1.82) is 0 Å². The van der Waals surface area contributed by atoms with Gasteiger partial charge < -0.3 is 10.4 Å². The molecular formula is C10H13NO3S. The van der Waals surface area contributed by atoms with Gasteiger partial charge in [0.1, 0.15) is 0 Å². The quantitative estimate of drug-likeness (QED) is 0.743. The Labute approximate surface area is 88.9 Å². The SMILES string of the molecule is CC1CNc2c(CO)cccc2S1(=O)=O. The number of sulfone groups is 1. The van der Waals surface area contributed by atoms with E-state index < -0.39 is 15.1 Å². The van der Waals surface area contributed by atoms with Crippen LogP contribution in [0.2, 0.25) is 0 Å². The summed E-state index contributed by atoms with van der Waals surface area (Å²) in [6.07, 6.45) is 0. The summed E-state index contributed by atoms with van der Waals surface area (Å²) >= 11 is 0. The molecule has 15 heavy (non-hydrogen) atoms. The molecule has 0 bridgehead atoms. The summed E-state index contributed by atoms with van der Waals surface area (Å²) in [5, 5.41) is 11.7. The number of hydrogen-bond donors (Lipinski definition) is 2. The highest BCUT2D eigenvalue weighted by Gasteiger charge is 2.31. The number of fused-ring (bicyclic) bond motifs is 1. The predicted molar refractivity (Wildman–Crippen MR) is 57.5 cm³/mol. The molecule has 5 heteroatoms. The molecule has 2 rings (SSSR count). The maximum Gasteiger partial charge on any atom is 0.184 e. The smallest absolute Gasteiger partial charge is 0.184 e. The molecule has 0 spiro atoms. The second-order valence-electron chi connectivity index (χ2n) is 3.68. The highest BCUT2D eigenvalue weighted by molar-refractivity contribution is 7.92. The van der Waals surface area contributed by atoms with Crippen LogP contribution in [0.5, 0.6) is 0 Å². The van der Waals surface area contributed by atoms with Gasteiger partial charge in [0.05, 0.1) is 22.4 Å². The lowest BCUT2D eigenvalue weighted by Gasteiger charge is -2.25. The molecular weight excluding hydrogens is 214 g/mol. The van der Waals surface area contributed by atoms with Gasteiger partial charge in [-0.15, -0.1) is 0 Å². The van der Waals surface area contributed by atoms with Gasteiger partial charge in [0.2, 0.25) is 0 Å². The molecule has 0 saturated carbocycles. The molecule has 1 heterocycles. The largest absolute Gasteiger partial charge is 0.392 e. The molecule has 82 valence electrons. The molecule has 2 N–H and O–H groups in total. The van der Waals surface area contributed by atoms with E-state index in [4.69, 9.17) is 5.11 Å². The van der Waals surface area contributed by atoms with Gasteiger partial charge in [-0.3, -0.25) is 0 Å². The third-order valence-electron chi connectivity index (χ3n) is 2.69. The van der Waals surface area contributed by atoms with E-state index in [0.29, 0.717) is 22.7 Å². The van der Waals surface area contributed by atoms with Crippen LogP contribution >= 0.6 is 0 Å². The predicted octanol–water partition coefficient (Wildman–Crippen LogP) is 0.767. The van der Waals surface area contributed by atoms with Gasteiger partial charge in [-0.1, -0.05) is 12.1 Å². The van der Waals surface area contributed by atoms with E-state index in [1.807, 2.05) is 0 Å². The average Bonchev–Trinajstić information content (AvgIpc) is 2.23. The number of aliphatic hydroxyl groups is 1. The van der Waals surface area contributed by atoms with Gasteiger partial charge in [0.25, 0.3) is 0 Å². The van der Waals surface area contributed by atoms with Crippen molar-refractivity contribution in [2.75, 3.05) is 11.9 Å². The van der Waals surface area contributed by atoms with E-state index in [9.17, 15) is 8.42 Å². The van der Waals surface area contributed by atoms with Crippen LogP contribution in [-0.2, 0) is 16.4 Å². The number of para-hydroxylation sites is 1. The number of anilines is 1. The molecule has 0 amide bonds. The lowest BCUT2D eigenvalue weighted by Crippen LogP contribution is -2.32. The first kappa shape index (κ1) is 10.4. The summed E-state index contributed by atoms with van der Waals surface area (Å²) in [6.45, 7) is 1.92. The second kappa shape index (κ2) is 3.50. The highest BCUT2D eigenvalue weighted by Crippen LogP contribution is 2.32. The van der Waals surface area contributed by atoms with Crippen LogP contribution in [0.4, 0.5) is 5.69 Å². The number of rotatable bonds is 1. The summed E-state index contributed by atoms with van der Waals surface area (Å²) < 4.78 is 23.9. The zero-order valence-electron chi connectivity index (χ0n) is 8.40. The van der Waals surface area contributed by atoms with Gasteiger partial charge in [0.15, 0.2) is 9.84 Å². The zero-order valence-corrected chi connectivity index (χ0v) is 9.21. The van der Waals surface area contributed by atoms with Crippen LogP contribution in [0.3, 0.4) is 0 Å². The molecule has 4 nitrogen and oxygen atoms in total. The Kier molecular flexibility index (Phi) is 2.44. The summed E-state index contributed by atoms with van der Waals surface area (Å²) in [6, 6.07) is 4.95. The van der Waals surface area contributed by atoms with Crippen LogP contribution in [0.25, 0.3) is 0 Å². The first-order chi connectivity index (χ1) is 7.07. The molecule has 0 radical (unpaired) electrons. The highest BCUT2D eigenvalue weighted by atomic mass is 32.2. The molecule has 1 aliphatic heterocycles. The van der Waals surface area contributed by atoms with Crippen molar-refractivity contribution in [2.24, 2.45) is 0 Å². The first-order valence-corrected chi connectivity index (χ1v) is 6.32. The van der Waals surface area contributed by atoms with Crippen molar-refractivity contribution in [3.8, 4) is 0 Å². The summed E-state index contributed by atoms with van der Waals surface area (Å²) in [7, 11) is -3.23. The van der Waals surface area contributed by atoms with Crippen molar-refractivity contribution >= 4 is 15.5 Å². The minimum Gasteiger partial charge on any atom is -0.392 e. The fourth-order valence-electron chi connectivity index (χ4n) is 1.72. The summed E-state index contributed by atoms with van der Waals surface area (Å²) in [4.78, 5) is 0.299. The second-order valence-corrected chi connectivity index (χ2v) is 6.02. The molecule has 1 aromatic carbocycles. The van der Waals surface area contributed by atoms with E-state index in [1.165, 1.54) is 0 Å². The fourth-order valence-corrected chi connectivity index (χ4v) is 3.21. The number of hydrogen-bond acceptors (Lipinski definition) is 4. The van der Waals surface area contributed by atoms with Crippen LogP contribution < -0.4 is 5.32 Å². The molecule has 1 unspecified atom stereocenters. The Morgan fingerprint density at radius 3 is 2.93 bits per heavy atom. The van der Waals surface area contributed by atoms with Crippen molar-refractivity contribution in [3.05, 3.63) is 23.8 Å². The van der Waals surface area contributed by atoms with Crippen LogP contribution in [0.1, 0.15) is 12.5 Å². The Hall–Kier alpha value is -1.07. The normalized spacial score (nSPS) is 22.9. The lowest BCUT2D eigenvalue weighted by atomic mass is 10.2. The molecule has 1 aliphatic rings. The Balaban J connectivity index is 2.67. The zero-order chi connectivity index (χ0) is 11.1. The number of benzene rings is 1. The van der Waals surface area contributed by atoms with E-state index in [0.717, 1.165) is 0 Å². The monoisotopic (exact) mass is 227 g/mol. The third-order valence-corrected chi connectivity index (χ3v) is 4.86. The van der Waals surface area contributed by atoms with Crippen LogP contribution in [-0.4, -0.2) is 25.3 Å². The summed E-state index contributed by atoms with van der Waals surface area (Å²) in [5.74, 6) is 0. The van der Waals surface area contributed by atoms with E-state index in [-0.39, 0.29) is 6.61 Å². The third kappa shape index (κ3) is 1.52. The lowest BCUT2D eigenvalue weighted by molar-refractivity contribution is 0.282. The van der Waals surface area contributed by atoms with Crippen LogP contribution in [0.15, 0.2) is 23.1 Å². The molecule has 0 saturated heterocycles. The van der Waals surface area contributed by atoms with Crippen molar-refractivity contribution < 1.29 is 13.5 Å². The summed E-state index contributed by atoms with van der Waals surface area (Å²) in [5.41, 5.74) is 1.18. The molecule has 0 fully saturated rings. The van der Waals surface area contributed by atoms with Gasteiger partial charge >= 0.3 is 0 Å². The van der Waals surface area contributed by atoms with Crippen LogP contribution in [0, 0.1) is 0 Å². The maximum atomic E-state index is 12.0. The Bertz CT molecular complexity index is 481. The Morgan fingerprint density at radius 1 is 1.53 bits per heavy atom. The van der Waals surface area contributed by atoms with Gasteiger partial charge in [-0.2, -0.15) is 0 Å². The van der Waals surface area contributed by atoms with Gasteiger partial charge in [-0.25, -0.2) is 8.42 Å².